The van der Waals surface area contributed by atoms with Crippen LogP contribution in [0.25, 0.3) is 11.0 Å². The van der Waals surface area contributed by atoms with Gasteiger partial charge in [-0.15, -0.1) is 0 Å². The second kappa shape index (κ2) is 9.24. The first-order chi connectivity index (χ1) is 14.2. The molecule has 1 aliphatic heterocycles. The van der Waals surface area contributed by atoms with Crippen LogP contribution in [0.1, 0.15) is 36.5 Å². The first-order valence-corrected chi connectivity index (χ1v) is 10.4. The summed E-state index contributed by atoms with van der Waals surface area (Å²) >= 11 is 0. The van der Waals surface area contributed by atoms with Gasteiger partial charge in [-0.1, -0.05) is 37.6 Å². The number of hydrogen-bond donors (Lipinski definition) is 2. The molecule has 3 N–H and O–H groups in total. The average molecular weight is 396 g/mol. The number of rotatable bonds is 8. The van der Waals surface area contributed by atoms with E-state index < -0.39 is 0 Å². The number of fused-ring (bicyclic) bond motifs is 1. The maximum absolute atomic E-state index is 6.12. The van der Waals surface area contributed by atoms with Crippen molar-refractivity contribution >= 4 is 16.9 Å². The molecular weight excluding hydrogens is 366 g/mol. The third-order valence-electron chi connectivity index (χ3n) is 5.24. The number of nitrogen functional groups attached to an aromatic ring is 1. The quantitative estimate of drug-likeness (QED) is 0.570. The largest absolute Gasteiger partial charge is 0.463 e. The highest BCUT2D eigenvalue weighted by Gasteiger charge is 2.14. The Labute approximate surface area is 171 Å². The average Bonchev–Trinajstić information content (AvgIpc) is 3.12. The van der Waals surface area contributed by atoms with Gasteiger partial charge in [-0.05, 0) is 17.5 Å². The zero-order chi connectivity index (χ0) is 20.1. The summed E-state index contributed by atoms with van der Waals surface area (Å²) in [6.07, 6.45) is 4.78. The van der Waals surface area contributed by atoms with E-state index in [9.17, 15) is 0 Å². The molecule has 0 bridgehead atoms. The van der Waals surface area contributed by atoms with Crippen LogP contribution in [-0.4, -0.2) is 52.8 Å². The molecule has 7 nitrogen and oxygen atoms in total. The molecule has 3 heterocycles. The number of H-pyrrole nitrogens is 1. The van der Waals surface area contributed by atoms with E-state index in [1.165, 1.54) is 11.1 Å². The van der Waals surface area contributed by atoms with E-state index in [1.54, 1.807) is 0 Å². The predicted molar refractivity (Wildman–Crippen MR) is 114 cm³/mol. The molecule has 4 rings (SSSR count). The summed E-state index contributed by atoms with van der Waals surface area (Å²) in [6, 6.07) is 9.10. The lowest BCUT2D eigenvalue weighted by Gasteiger charge is -2.26. The van der Waals surface area contributed by atoms with Gasteiger partial charge in [0.25, 0.3) is 0 Å². The number of nitrogens with two attached hydrogens (primary N) is 1. The van der Waals surface area contributed by atoms with Crippen LogP contribution in [0, 0.1) is 0 Å². The Morgan fingerprint density at radius 1 is 1.21 bits per heavy atom. The lowest BCUT2D eigenvalue weighted by molar-refractivity contribution is 0.0342. The number of hydrogen-bond acceptors (Lipinski definition) is 6. The van der Waals surface area contributed by atoms with Crippen molar-refractivity contribution in [2.75, 3.05) is 38.6 Å². The maximum atomic E-state index is 6.12. The van der Waals surface area contributed by atoms with Crippen LogP contribution in [0.2, 0.25) is 0 Å². The van der Waals surface area contributed by atoms with Gasteiger partial charge < -0.3 is 20.2 Å². The van der Waals surface area contributed by atoms with E-state index in [0.717, 1.165) is 68.7 Å². The van der Waals surface area contributed by atoms with Crippen LogP contribution in [0.4, 0.5) is 5.82 Å². The molecule has 29 heavy (non-hydrogen) atoms. The summed E-state index contributed by atoms with van der Waals surface area (Å²) < 4.78 is 11.1. The Kier molecular flexibility index (Phi) is 6.27. The Balaban J connectivity index is 1.52. The summed E-state index contributed by atoms with van der Waals surface area (Å²) in [6.45, 7) is 7.30. The minimum absolute atomic E-state index is 0.352. The SMILES string of the molecule is CCCCOc1nc(N)c2[nH]cc(Cc3cccc(CN4CCOCC4)c3)c2n1. The van der Waals surface area contributed by atoms with Crippen LogP contribution in [-0.2, 0) is 17.7 Å². The predicted octanol–water partition coefficient (Wildman–Crippen LogP) is 3.14. The molecule has 1 saturated heterocycles. The number of benzene rings is 1. The Morgan fingerprint density at radius 3 is 2.86 bits per heavy atom. The highest BCUT2D eigenvalue weighted by Crippen LogP contribution is 2.25. The van der Waals surface area contributed by atoms with Crippen molar-refractivity contribution < 1.29 is 9.47 Å². The summed E-state index contributed by atoms with van der Waals surface area (Å²) in [7, 11) is 0. The maximum Gasteiger partial charge on any atom is 0.319 e. The molecule has 0 saturated carbocycles. The molecule has 1 fully saturated rings. The second-order valence-corrected chi connectivity index (χ2v) is 7.52. The Bertz CT molecular complexity index is 950. The van der Waals surface area contributed by atoms with E-state index >= 15 is 0 Å². The van der Waals surface area contributed by atoms with Gasteiger partial charge in [0.2, 0.25) is 0 Å². The monoisotopic (exact) mass is 395 g/mol. The van der Waals surface area contributed by atoms with Crippen molar-refractivity contribution in [1.29, 1.82) is 0 Å². The zero-order valence-electron chi connectivity index (χ0n) is 17.0. The number of nitrogens with one attached hydrogen (secondary N) is 1. The van der Waals surface area contributed by atoms with Gasteiger partial charge in [0.15, 0.2) is 5.82 Å². The first kappa shape index (κ1) is 19.7. The van der Waals surface area contributed by atoms with Crippen molar-refractivity contribution in [2.24, 2.45) is 0 Å². The van der Waals surface area contributed by atoms with Crippen LogP contribution in [0.5, 0.6) is 6.01 Å². The second-order valence-electron chi connectivity index (χ2n) is 7.52. The molecule has 0 amide bonds. The third-order valence-corrected chi connectivity index (χ3v) is 5.24. The molecule has 0 aliphatic carbocycles. The van der Waals surface area contributed by atoms with Gasteiger partial charge in [0.1, 0.15) is 11.0 Å². The van der Waals surface area contributed by atoms with Crippen LogP contribution < -0.4 is 10.5 Å². The minimum Gasteiger partial charge on any atom is -0.463 e. The van der Waals surface area contributed by atoms with Crippen molar-refractivity contribution in [3.05, 3.63) is 47.2 Å². The molecule has 1 aliphatic rings. The van der Waals surface area contributed by atoms with Gasteiger partial charge in [-0.2, -0.15) is 9.97 Å². The van der Waals surface area contributed by atoms with E-state index in [0.29, 0.717) is 18.4 Å². The fourth-order valence-corrected chi connectivity index (χ4v) is 3.64. The molecule has 0 unspecified atom stereocenters. The fourth-order valence-electron chi connectivity index (χ4n) is 3.64. The Morgan fingerprint density at radius 2 is 2.03 bits per heavy atom. The lowest BCUT2D eigenvalue weighted by Crippen LogP contribution is -2.35. The molecule has 0 radical (unpaired) electrons. The van der Waals surface area contributed by atoms with Gasteiger partial charge in [-0.3, -0.25) is 4.90 Å². The van der Waals surface area contributed by atoms with Gasteiger partial charge >= 0.3 is 6.01 Å². The topological polar surface area (TPSA) is 89.3 Å². The van der Waals surface area contributed by atoms with Crippen LogP contribution in [0.15, 0.2) is 30.5 Å². The van der Waals surface area contributed by atoms with E-state index in [2.05, 4.69) is 51.0 Å². The molecule has 3 aromatic rings. The van der Waals surface area contributed by atoms with Crippen molar-refractivity contribution in [3.63, 3.8) is 0 Å². The number of aromatic nitrogens is 3. The molecular formula is C22H29N5O2. The summed E-state index contributed by atoms with van der Waals surface area (Å²) in [5.74, 6) is 0.425. The molecule has 2 aromatic heterocycles. The molecule has 154 valence electrons. The number of ether oxygens (including phenoxy) is 2. The smallest absolute Gasteiger partial charge is 0.319 e. The number of aromatic amines is 1. The van der Waals surface area contributed by atoms with Gasteiger partial charge in [0, 0.05) is 37.8 Å². The third kappa shape index (κ3) is 4.86. The fraction of sp³-hybridized carbons (Fsp3) is 0.455. The molecule has 0 spiro atoms. The van der Waals surface area contributed by atoms with E-state index in [1.807, 2.05) is 6.20 Å². The molecule has 1 aromatic carbocycles. The van der Waals surface area contributed by atoms with Crippen LogP contribution in [0.3, 0.4) is 0 Å². The van der Waals surface area contributed by atoms with E-state index in [4.69, 9.17) is 15.2 Å². The van der Waals surface area contributed by atoms with Crippen molar-refractivity contribution in [2.45, 2.75) is 32.7 Å². The Hall–Kier alpha value is -2.64. The summed E-state index contributed by atoms with van der Waals surface area (Å²) in [5, 5.41) is 0. The van der Waals surface area contributed by atoms with Crippen molar-refractivity contribution in [1.82, 2.24) is 19.9 Å². The standard InChI is InChI=1S/C22H29N5O2/c1-2-3-9-29-22-25-19-18(14-24-20(19)21(23)26-22)13-16-5-4-6-17(12-16)15-27-7-10-28-11-8-27/h4-6,12,14,24H,2-3,7-11,13,15H2,1H3,(H2,23,25,26). The molecule has 7 heteroatoms. The highest BCUT2D eigenvalue weighted by molar-refractivity contribution is 5.87. The lowest BCUT2D eigenvalue weighted by atomic mass is 10.0. The normalized spacial score (nSPS) is 15.1. The van der Waals surface area contributed by atoms with Crippen molar-refractivity contribution in [3.8, 4) is 6.01 Å². The highest BCUT2D eigenvalue weighted by atomic mass is 16.5. The van der Waals surface area contributed by atoms with Gasteiger partial charge in [-0.25, -0.2) is 0 Å². The number of morpholine rings is 1. The zero-order valence-corrected chi connectivity index (χ0v) is 17.0. The number of anilines is 1. The first-order valence-electron chi connectivity index (χ1n) is 10.4. The minimum atomic E-state index is 0.352. The number of nitrogens with zero attached hydrogens (tertiary/aromatic N) is 3. The van der Waals surface area contributed by atoms with E-state index in [-0.39, 0.29) is 0 Å². The molecule has 0 atom stereocenters. The summed E-state index contributed by atoms with van der Waals surface area (Å²) in [5.41, 5.74) is 11.4. The number of unbranched alkanes of at least 4 members (excludes halogenated alkanes) is 1. The summed E-state index contributed by atoms with van der Waals surface area (Å²) in [4.78, 5) is 14.5. The van der Waals surface area contributed by atoms with Crippen LogP contribution >= 0.6 is 0 Å². The van der Waals surface area contributed by atoms with Gasteiger partial charge in [0.05, 0.1) is 19.8 Å².